The minimum atomic E-state index is -3.10. The summed E-state index contributed by atoms with van der Waals surface area (Å²) < 4.78 is 30.0. The van der Waals surface area contributed by atoms with Crippen LogP contribution in [0.25, 0.3) is 11.1 Å². The van der Waals surface area contributed by atoms with Gasteiger partial charge in [-0.15, -0.1) is 0 Å². The fourth-order valence-electron chi connectivity index (χ4n) is 3.26. The molecule has 7 nitrogen and oxygen atoms in total. The minimum Gasteiger partial charge on any atom is -0.408 e. The Morgan fingerprint density at radius 1 is 1.36 bits per heavy atom. The van der Waals surface area contributed by atoms with Crippen molar-refractivity contribution >= 4 is 26.8 Å². The van der Waals surface area contributed by atoms with Crippen molar-refractivity contribution < 1.29 is 17.6 Å². The fraction of sp³-hybridized carbons (Fsp3) is 0.529. The number of hydrogen-bond acceptors (Lipinski definition) is 5. The topological polar surface area (TPSA) is 89.6 Å². The third kappa shape index (κ3) is 3.78. The monoisotopic (exact) mass is 366 g/mol. The number of aromatic nitrogens is 1. The Morgan fingerprint density at radius 3 is 2.72 bits per heavy atom. The van der Waals surface area contributed by atoms with Crippen LogP contribution < -0.4 is 5.76 Å². The van der Waals surface area contributed by atoms with Gasteiger partial charge in [-0.05, 0) is 24.5 Å². The zero-order valence-corrected chi connectivity index (χ0v) is 15.2. The normalized spacial score (nSPS) is 19.6. The largest absolute Gasteiger partial charge is 0.420 e. The highest BCUT2D eigenvalue weighted by molar-refractivity contribution is 7.91. The lowest BCUT2D eigenvalue weighted by Gasteiger charge is -2.30. The second kappa shape index (κ2) is 6.67. The summed E-state index contributed by atoms with van der Waals surface area (Å²) in [5.41, 5.74) is 0.989. The van der Waals surface area contributed by atoms with Gasteiger partial charge in [0.15, 0.2) is 15.4 Å². The third-order valence-electron chi connectivity index (χ3n) is 4.40. The Labute approximate surface area is 146 Å². The number of nitrogens with zero attached hydrogens (tertiary/aromatic N) is 2. The van der Waals surface area contributed by atoms with E-state index in [1.807, 2.05) is 13.8 Å². The highest BCUT2D eigenvalue weighted by Gasteiger charge is 2.35. The van der Waals surface area contributed by atoms with E-state index in [2.05, 4.69) is 0 Å². The van der Waals surface area contributed by atoms with E-state index in [-0.39, 0.29) is 35.9 Å². The first-order valence-corrected chi connectivity index (χ1v) is 10.2. The lowest BCUT2D eigenvalue weighted by molar-refractivity contribution is -0.134. The van der Waals surface area contributed by atoms with Crippen LogP contribution in [0.1, 0.15) is 20.3 Å². The second-order valence-corrected chi connectivity index (χ2v) is 9.15. The number of benzene rings is 1. The molecular formula is C17H22N2O5S. The summed E-state index contributed by atoms with van der Waals surface area (Å²) in [6, 6.07) is 6.60. The van der Waals surface area contributed by atoms with Crippen molar-refractivity contribution in [2.45, 2.75) is 32.9 Å². The lowest BCUT2D eigenvalue weighted by atomic mass is 10.1. The van der Waals surface area contributed by atoms with E-state index in [1.54, 1.807) is 29.2 Å². The first-order valence-electron chi connectivity index (χ1n) is 8.35. The maximum Gasteiger partial charge on any atom is 0.420 e. The van der Waals surface area contributed by atoms with Gasteiger partial charge in [0.1, 0.15) is 6.54 Å². The van der Waals surface area contributed by atoms with Gasteiger partial charge in [0.05, 0.1) is 17.0 Å². The Balaban J connectivity index is 1.87. The van der Waals surface area contributed by atoms with Crippen LogP contribution in [-0.4, -0.2) is 47.9 Å². The maximum atomic E-state index is 12.9. The number of para-hydroxylation sites is 2. The number of hydrogen-bond donors (Lipinski definition) is 0. The molecule has 1 aliphatic rings. The van der Waals surface area contributed by atoms with E-state index in [4.69, 9.17) is 4.42 Å². The molecular weight excluding hydrogens is 344 g/mol. The van der Waals surface area contributed by atoms with E-state index < -0.39 is 15.6 Å². The quantitative estimate of drug-likeness (QED) is 0.795. The molecule has 136 valence electrons. The van der Waals surface area contributed by atoms with Crippen molar-refractivity contribution in [2.75, 3.05) is 18.1 Å². The predicted octanol–water partition coefficient (Wildman–Crippen LogP) is 1.27. The summed E-state index contributed by atoms with van der Waals surface area (Å²) in [6.07, 6.45) is 0.446. The summed E-state index contributed by atoms with van der Waals surface area (Å²) in [5, 5.41) is 0. The number of oxazole rings is 1. The van der Waals surface area contributed by atoms with E-state index in [0.717, 1.165) is 0 Å². The summed E-state index contributed by atoms with van der Waals surface area (Å²) >= 11 is 0. The van der Waals surface area contributed by atoms with Gasteiger partial charge in [0.2, 0.25) is 5.91 Å². The number of fused-ring (bicyclic) bond motifs is 1. The van der Waals surface area contributed by atoms with Crippen molar-refractivity contribution in [3.8, 4) is 0 Å². The molecule has 1 atom stereocenters. The Kier molecular flexibility index (Phi) is 4.73. The summed E-state index contributed by atoms with van der Waals surface area (Å²) in [6.45, 7) is 4.26. The van der Waals surface area contributed by atoms with Crippen LogP contribution in [0.15, 0.2) is 33.5 Å². The van der Waals surface area contributed by atoms with Crippen molar-refractivity contribution in [1.29, 1.82) is 0 Å². The molecule has 1 amide bonds. The second-order valence-electron chi connectivity index (χ2n) is 6.92. The van der Waals surface area contributed by atoms with Crippen LogP contribution in [0.3, 0.4) is 0 Å². The molecule has 8 heteroatoms. The molecule has 0 aliphatic carbocycles. The SMILES string of the molecule is CC(C)CN(C(=O)Cn1c(=O)oc2ccccc21)[C@H]1CCS(=O)(=O)C1. The molecule has 1 aliphatic heterocycles. The standard InChI is InChI=1S/C17H22N2O5S/c1-12(2)9-18(13-7-8-25(22,23)11-13)16(20)10-19-14-5-3-4-6-15(14)24-17(19)21/h3-6,12-13H,7-11H2,1-2H3/t13-/m0/s1. The van der Waals surface area contributed by atoms with Crippen molar-refractivity contribution in [2.24, 2.45) is 5.92 Å². The van der Waals surface area contributed by atoms with Crippen molar-refractivity contribution in [3.05, 3.63) is 34.8 Å². The smallest absolute Gasteiger partial charge is 0.408 e. The zero-order chi connectivity index (χ0) is 18.2. The molecule has 0 N–H and O–H groups in total. The molecule has 0 radical (unpaired) electrons. The molecule has 1 saturated heterocycles. The molecule has 0 spiro atoms. The maximum absolute atomic E-state index is 12.9. The van der Waals surface area contributed by atoms with Crippen molar-refractivity contribution in [3.63, 3.8) is 0 Å². The van der Waals surface area contributed by atoms with Gasteiger partial charge < -0.3 is 9.32 Å². The molecule has 25 heavy (non-hydrogen) atoms. The average Bonchev–Trinajstić information content (AvgIpc) is 3.04. The molecule has 1 fully saturated rings. The third-order valence-corrected chi connectivity index (χ3v) is 6.15. The molecule has 3 rings (SSSR count). The van der Waals surface area contributed by atoms with Gasteiger partial charge in [0.25, 0.3) is 0 Å². The van der Waals surface area contributed by atoms with Gasteiger partial charge in [-0.2, -0.15) is 0 Å². The summed E-state index contributed by atoms with van der Waals surface area (Å²) in [7, 11) is -3.10. The molecule has 1 aromatic carbocycles. The van der Waals surface area contributed by atoms with Crippen LogP contribution in [0.2, 0.25) is 0 Å². The number of rotatable bonds is 5. The molecule has 2 heterocycles. The van der Waals surface area contributed by atoms with Gasteiger partial charge >= 0.3 is 5.76 Å². The van der Waals surface area contributed by atoms with Gasteiger partial charge in [-0.1, -0.05) is 26.0 Å². The molecule has 2 aromatic rings. The molecule has 1 aromatic heterocycles. The van der Waals surface area contributed by atoms with E-state index in [1.165, 1.54) is 4.57 Å². The minimum absolute atomic E-state index is 0.00745. The summed E-state index contributed by atoms with van der Waals surface area (Å²) in [5.74, 6) is -0.548. The predicted molar refractivity (Wildman–Crippen MR) is 94.1 cm³/mol. The highest BCUT2D eigenvalue weighted by atomic mass is 32.2. The first kappa shape index (κ1) is 17.7. The Bertz CT molecular complexity index is 941. The first-order chi connectivity index (χ1) is 11.8. The van der Waals surface area contributed by atoms with Gasteiger partial charge in [-0.3, -0.25) is 9.36 Å². The Morgan fingerprint density at radius 2 is 2.08 bits per heavy atom. The summed E-state index contributed by atoms with van der Waals surface area (Å²) in [4.78, 5) is 26.6. The lowest BCUT2D eigenvalue weighted by Crippen LogP contribution is -2.45. The molecule has 0 bridgehead atoms. The number of carbonyl (C=O) groups is 1. The van der Waals surface area contributed by atoms with Crippen LogP contribution in [0.4, 0.5) is 0 Å². The van der Waals surface area contributed by atoms with Crippen molar-refractivity contribution in [1.82, 2.24) is 9.47 Å². The zero-order valence-electron chi connectivity index (χ0n) is 14.3. The number of carbonyl (C=O) groups excluding carboxylic acids is 1. The number of amides is 1. The van der Waals surface area contributed by atoms with Crippen LogP contribution in [0.5, 0.6) is 0 Å². The average molecular weight is 366 g/mol. The number of sulfone groups is 1. The van der Waals surface area contributed by atoms with Crippen LogP contribution >= 0.6 is 0 Å². The molecule has 0 unspecified atom stereocenters. The fourth-order valence-corrected chi connectivity index (χ4v) is 4.99. The van der Waals surface area contributed by atoms with E-state index >= 15 is 0 Å². The van der Waals surface area contributed by atoms with Crippen LogP contribution in [-0.2, 0) is 21.2 Å². The Hall–Kier alpha value is -2.09. The van der Waals surface area contributed by atoms with Gasteiger partial charge in [0, 0.05) is 12.6 Å². The van der Waals surface area contributed by atoms with E-state index in [0.29, 0.717) is 24.1 Å². The highest BCUT2D eigenvalue weighted by Crippen LogP contribution is 2.20. The van der Waals surface area contributed by atoms with Crippen LogP contribution in [0, 0.1) is 5.92 Å². The van der Waals surface area contributed by atoms with Gasteiger partial charge in [-0.25, -0.2) is 13.2 Å². The van der Waals surface area contributed by atoms with E-state index in [9.17, 15) is 18.0 Å². The molecule has 0 saturated carbocycles.